The van der Waals surface area contributed by atoms with Gasteiger partial charge in [-0.15, -0.1) is 0 Å². The van der Waals surface area contributed by atoms with Gasteiger partial charge in [0.2, 0.25) is 0 Å². The average Bonchev–Trinajstić information content (AvgIpc) is 2.73. The van der Waals surface area contributed by atoms with Crippen molar-refractivity contribution in [2.75, 3.05) is 0 Å². The van der Waals surface area contributed by atoms with Gasteiger partial charge in [-0.1, -0.05) is 37.8 Å². The van der Waals surface area contributed by atoms with E-state index >= 15 is 0 Å². The molecule has 1 aromatic heterocycles. The zero-order chi connectivity index (χ0) is 20.2. The van der Waals surface area contributed by atoms with Crippen molar-refractivity contribution in [3.05, 3.63) is 45.1 Å². The SMILES string of the molecule is O=c1[nH]c2ccccc2c(=O)n1C1CC2CCCC(C1)N2C1CC2CCCC(C2)C1. The molecule has 6 rings (SSSR count). The third kappa shape index (κ3) is 3.08. The first-order valence-electron chi connectivity index (χ1n) is 12.2. The molecule has 4 atom stereocenters. The Morgan fingerprint density at radius 1 is 0.733 bits per heavy atom. The smallest absolute Gasteiger partial charge is 0.307 e. The molecule has 2 aliphatic heterocycles. The van der Waals surface area contributed by atoms with Crippen molar-refractivity contribution >= 4 is 10.9 Å². The minimum Gasteiger partial charge on any atom is -0.307 e. The zero-order valence-corrected chi connectivity index (χ0v) is 17.8. The van der Waals surface area contributed by atoms with Gasteiger partial charge in [0.15, 0.2) is 0 Å². The number of para-hydroxylation sites is 1. The number of piperidine rings is 2. The average molecular weight is 408 g/mol. The molecule has 4 unspecified atom stereocenters. The Morgan fingerprint density at radius 2 is 1.40 bits per heavy atom. The van der Waals surface area contributed by atoms with Gasteiger partial charge in [-0.05, 0) is 68.9 Å². The lowest BCUT2D eigenvalue weighted by atomic mass is 9.68. The van der Waals surface area contributed by atoms with Crippen molar-refractivity contribution in [3.8, 4) is 0 Å². The van der Waals surface area contributed by atoms with Crippen molar-refractivity contribution in [3.63, 3.8) is 0 Å². The second-order valence-electron chi connectivity index (χ2n) is 10.5. The molecule has 5 nitrogen and oxygen atoms in total. The van der Waals surface area contributed by atoms with Crippen LogP contribution in [-0.4, -0.2) is 32.6 Å². The largest absolute Gasteiger partial charge is 0.329 e. The molecule has 2 aromatic rings. The van der Waals surface area contributed by atoms with Crippen LogP contribution in [0.4, 0.5) is 0 Å². The molecule has 5 heteroatoms. The van der Waals surface area contributed by atoms with Crippen LogP contribution in [-0.2, 0) is 0 Å². The van der Waals surface area contributed by atoms with Gasteiger partial charge in [-0.2, -0.15) is 0 Å². The highest BCUT2D eigenvalue weighted by Crippen LogP contribution is 2.47. The molecular weight excluding hydrogens is 374 g/mol. The van der Waals surface area contributed by atoms with Crippen LogP contribution in [0.1, 0.15) is 76.7 Å². The van der Waals surface area contributed by atoms with E-state index in [0.717, 1.165) is 30.7 Å². The van der Waals surface area contributed by atoms with Crippen LogP contribution in [0.25, 0.3) is 10.9 Å². The molecule has 30 heavy (non-hydrogen) atoms. The lowest BCUT2D eigenvalue weighted by Gasteiger charge is -2.55. The maximum atomic E-state index is 13.2. The van der Waals surface area contributed by atoms with Crippen LogP contribution >= 0.6 is 0 Å². The molecule has 1 aromatic carbocycles. The Hall–Kier alpha value is -1.88. The van der Waals surface area contributed by atoms with Crippen LogP contribution in [0.2, 0.25) is 0 Å². The maximum Gasteiger partial charge on any atom is 0.329 e. The number of H-pyrrole nitrogens is 1. The minimum absolute atomic E-state index is 0.0282. The van der Waals surface area contributed by atoms with Crippen molar-refractivity contribution in [1.82, 2.24) is 14.5 Å². The summed E-state index contributed by atoms with van der Waals surface area (Å²) >= 11 is 0. The summed E-state index contributed by atoms with van der Waals surface area (Å²) in [4.78, 5) is 31.9. The maximum absolute atomic E-state index is 13.2. The van der Waals surface area contributed by atoms with Crippen molar-refractivity contribution in [1.29, 1.82) is 0 Å². The Kier molecular flexibility index (Phi) is 4.63. The standard InChI is InChI=1S/C25H33N3O2/c29-24-22-9-1-2-10-23(22)26-25(30)28(24)21-14-18-7-4-8-19(15-21)27(18)20-12-16-5-3-6-17(11-16)13-20/h1-2,9-10,16-21H,3-8,11-15H2,(H,26,30). The fraction of sp³-hybridized carbons (Fsp3) is 0.680. The molecule has 2 saturated heterocycles. The Labute approximate surface area is 177 Å². The number of rotatable bonds is 2. The molecule has 0 radical (unpaired) electrons. The third-order valence-electron chi connectivity index (χ3n) is 8.73. The highest BCUT2D eigenvalue weighted by molar-refractivity contribution is 5.76. The predicted molar refractivity (Wildman–Crippen MR) is 119 cm³/mol. The number of nitrogens with one attached hydrogen (secondary N) is 1. The summed E-state index contributed by atoms with van der Waals surface area (Å²) in [6.45, 7) is 0. The van der Waals surface area contributed by atoms with Crippen molar-refractivity contribution in [2.45, 2.75) is 94.8 Å². The zero-order valence-electron chi connectivity index (χ0n) is 17.8. The molecule has 1 N–H and O–H groups in total. The third-order valence-corrected chi connectivity index (χ3v) is 8.73. The normalized spacial score (nSPS) is 36.7. The van der Waals surface area contributed by atoms with E-state index in [1.807, 2.05) is 24.3 Å². The second kappa shape index (κ2) is 7.37. The first-order valence-corrected chi connectivity index (χ1v) is 12.2. The number of benzene rings is 1. The molecular formula is C25H33N3O2. The fourth-order valence-corrected chi connectivity index (χ4v) is 7.64. The Bertz CT molecular complexity index is 1030. The van der Waals surface area contributed by atoms with Gasteiger partial charge in [-0.25, -0.2) is 4.79 Å². The van der Waals surface area contributed by atoms with E-state index in [-0.39, 0.29) is 17.3 Å². The lowest BCUT2D eigenvalue weighted by Crippen LogP contribution is -2.59. The van der Waals surface area contributed by atoms with Gasteiger partial charge in [0.05, 0.1) is 10.9 Å². The van der Waals surface area contributed by atoms with E-state index in [0.29, 0.717) is 23.0 Å². The van der Waals surface area contributed by atoms with Gasteiger partial charge in [0.1, 0.15) is 0 Å². The number of fused-ring (bicyclic) bond motifs is 5. The van der Waals surface area contributed by atoms with Crippen molar-refractivity contribution < 1.29 is 0 Å². The van der Waals surface area contributed by atoms with E-state index in [4.69, 9.17) is 0 Å². The van der Waals surface area contributed by atoms with E-state index < -0.39 is 0 Å². The molecule has 3 heterocycles. The Balaban J connectivity index is 1.31. The van der Waals surface area contributed by atoms with Gasteiger partial charge in [0, 0.05) is 24.2 Å². The van der Waals surface area contributed by atoms with Crippen LogP contribution in [0.15, 0.2) is 33.9 Å². The molecule has 0 spiro atoms. The number of hydrogen-bond acceptors (Lipinski definition) is 3. The first-order chi connectivity index (χ1) is 14.7. The van der Waals surface area contributed by atoms with Gasteiger partial charge in [0.25, 0.3) is 5.56 Å². The van der Waals surface area contributed by atoms with Gasteiger partial charge >= 0.3 is 5.69 Å². The first kappa shape index (κ1) is 18.9. The van der Waals surface area contributed by atoms with Gasteiger partial charge < -0.3 is 4.98 Å². The van der Waals surface area contributed by atoms with E-state index in [2.05, 4.69) is 9.88 Å². The number of hydrogen-bond donors (Lipinski definition) is 1. The molecule has 4 fully saturated rings. The summed E-state index contributed by atoms with van der Waals surface area (Å²) in [5.41, 5.74) is 0.301. The van der Waals surface area contributed by atoms with Crippen LogP contribution < -0.4 is 11.2 Å². The highest BCUT2D eigenvalue weighted by atomic mass is 16.2. The highest BCUT2D eigenvalue weighted by Gasteiger charge is 2.45. The van der Waals surface area contributed by atoms with Crippen LogP contribution in [0.3, 0.4) is 0 Å². The van der Waals surface area contributed by atoms with Crippen molar-refractivity contribution in [2.24, 2.45) is 11.8 Å². The topological polar surface area (TPSA) is 58.1 Å². The predicted octanol–water partition coefficient (Wildman–Crippen LogP) is 4.22. The summed E-state index contributed by atoms with van der Waals surface area (Å²) in [6.07, 6.45) is 14.2. The second-order valence-corrected chi connectivity index (χ2v) is 10.5. The molecule has 160 valence electrons. The Morgan fingerprint density at radius 3 is 2.13 bits per heavy atom. The molecule has 0 amide bonds. The lowest BCUT2D eigenvalue weighted by molar-refractivity contribution is -0.0494. The van der Waals surface area contributed by atoms with E-state index in [9.17, 15) is 9.59 Å². The molecule has 4 aliphatic rings. The minimum atomic E-state index is -0.234. The summed E-state index contributed by atoms with van der Waals surface area (Å²) in [5.74, 6) is 1.87. The summed E-state index contributed by atoms with van der Waals surface area (Å²) < 4.78 is 1.56. The monoisotopic (exact) mass is 407 g/mol. The van der Waals surface area contributed by atoms with Crippen LogP contribution in [0, 0.1) is 11.8 Å². The van der Waals surface area contributed by atoms with Crippen LogP contribution in [0.5, 0.6) is 0 Å². The fourth-order valence-electron chi connectivity index (χ4n) is 7.64. The van der Waals surface area contributed by atoms with E-state index in [1.54, 1.807) is 4.57 Å². The molecule has 2 saturated carbocycles. The number of nitrogens with zero attached hydrogens (tertiary/aromatic N) is 2. The quantitative estimate of drug-likeness (QED) is 0.811. The number of aromatic amines is 1. The van der Waals surface area contributed by atoms with E-state index in [1.165, 1.54) is 57.8 Å². The number of aromatic nitrogens is 2. The molecule has 4 bridgehead atoms. The summed E-state index contributed by atoms with van der Waals surface area (Å²) in [5, 5.41) is 0.629. The summed E-state index contributed by atoms with van der Waals surface area (Å²) in [6, 6.07) is 9.22. The van der Waals surface area contributed by atoms with Gasteiger partial charge in [-0.3, -0.25) is 14.3 Å². The molecule has 2 aliphatic carbocycles. The summed E-state index contributed by atoms with van der Waals surface area (Å²) in [7, 11) is 0.